The van der Waals surface area contributed by atoms with Gasteiger partial charge in [0.15, 0.2) is 0 Å². The number of anilines is 1. The van der Waals surface area contributed by atoms with Gasteiger partial charge in [-0.05, 0) is 24.1 Å². The minimum Gasteiger partial charge on any atom is -0.398 e. The fourth-order valence-electron chi connectivity index (χ4n) is 1.29. The maximum Gasteiger partial charge on any atom is 0.233 e. The molecule has 0 aliphatic heterocycles. The van der Waals surface area contributed by atoms with Gasteiger partial charge in [0.1, 0.15) is 5.75 Å². The average molecular weight is 333 g/mol. The second kappa shape index (κ2) is 6.89. The third-order valence-corrected chi connectivity index (χ3v) is 4.07. The molecule has 0 bridgehead atoms. The molecule has 3 N–H and O–H groups in total. The molecule has 0 radical (unpaired) electrons. The van der Waals surface area contributed by atoms with E-state index in [0.29, 0.717) is 23.0 Å². The quantitative estimate of drug-likeness (QED) is 0.809. The molecule has 0 aliphatic carbocycles. The molecule has 1 rings (SSSR count). The van der Waals surface area contributed by atoms with Crippen LogP contribution in [0.25, 0.3) is 0 Å². The van der Waals surface area contributed by atoms with E-state index in [4.69, 9.17) is 5.73 Å². The Morgan fingerprint density at radius 2 is 2.17 bits per heavy atom. The number of hydrogen-bond acceptors (Lipinski definition) is 3. The molecule has 0 fully saturated rings. The van der Waals surface area contributed by atoms with Crippen molar-refractivity contribution >= 4 is 38.3 Å². The van der Waals surface area contributed by atoms with Crippen LogP contribution < -0.4 is 11.1 Å². The average Bonchev–Trinajstić information content (AvgIpc) is 2.26. The van der Waals surface area contributed by atoms with Crippen LogP contribution in [-0.4, -0.2) is 22.4 Å². The SMILES string of the molecule is CC(C)CNC(=O)CS(=O)c1ccc(Br)cc1N. The fourth-order valence-corrected chi connectivity index (χ4v) is 2.71. The van der Waals surface area contributed by atoms with E-state index < -0.39 is 10.8 Å². The normalized spacial score (nSPS) is 12.4. The summed E-state index contributed by atoms with van der Waals surface area (Å²) < 4.78 is 12.8. The van der Waals surface area contributed by atoms with Crippen LogP contribution in [0.4, 0.5) is 5.69 Å². The highest BCUT2D eigenvalue weighted by Gasteiger charge is 2.13. The van der Waals surface area contributed by atoms with Crippen LogP contribution in [0.2, 0.25) is 0 Å². The molecule has 1 aromatic rings. The van der Waals surface area contributed by atoms with Crippen molar-refractivity contribution in [1.82, 2.24) is 5.32 Å². The summed E-state index contributed by atoms with van der Waals surface area (Å²) >= 11 is 3.28. The zero-order chi connectivity index (χ0) is 13.7. The minimum atomic E-state index is -1.41. The summed E-state index contributed by atoms with van der Waals surface area (Å²) in [4.78, 5) is 12.1. The largest absolute Gasteiger partial charge is 0.398 e. The molecule has 100 valence electrons. The van der Waals surface area contributed by atoms with Gasteiger partial charge < -0.3 is 11.1 Å². The van der Waals surface area contributed by atoms with Gasteiger partial charge in [0.25, 0.3) is 0 Å². The summed E-state index contributed by atoms with van der Waals surface area (Å²) in [5.74, 6) is 0.0999. The number of hydrogen-bond donors (Lipinski definition) is 2. The first-order valence-electron chi connectivity index (χ1n) is 5.60. The third-order valence-electron chi connectivity index (χ3n) is 2.19. The highest BCUT2D eigenvalue weighted by molar-refractivity contribution is 9.10. The summed E-state index contributed by atoms with van der Waals surface area (Å²) in [6, 6.07) is 5.11. The summed E-state index contributed by atoms with van der Waals surface area (Å²) in [5, 5.41) is 2.73. The minimum absolute atomic E-state index is 0.0570. The molecule has 0 saturated heterocycles. The van der Waals surface area contributed by atoms with Gasteiger partial charge in [0.05, 0.1) is 15.7 Å². The van der Waals surface area contributed by atoms with Gasteiger partial charge in [-0.25, -0.2) is 0 Å². The van der Waals surface area contributed by atoms with Crippen molar-refractivity contribution in [2.75, 3.05) is 18.0 Å². The number of carbonyl (C=O) groups is 1. The molecule has 0 aliphatic rings. The number of benzene rings is 1. The van der Waals surface area contributed by atoms with Crippen LogP contribution in [0, 0.1) is 5.92 Å². The molecule has 6 heteroatoms. The number of carbonyl (C=O) groups excluding carboxylic acids is 1. The topological polar surface area (TPSA) is 72.2 Å². The van der Waals surface area contributed by atoms with E-state index in [-0.39, 0.29) is 11.7 Å². The van der Waals surface area contributed by atoms with E-state index in [0.717, 1.165) is 4.47 Å². The van der Waals surface area contributed by atoms with Crippen molar-refractivity contribution in [2.45, 2.75) is 18.7 Å². The molecule has 18 heavy (non-hydrogen) atoms. The highest BCUT2D eigenvalue weighted by Crippen LogP contribution is 2.21. The first-order chi connectivity index (χ1) is 8.40. The summed E-state index contributed by atoms with van der Waals surface area (Å²) in [5.41, 5.74) is 6.20. The number of halogens is 1. The van der Waals surface area contributed by atoms with Crippen molar-refractivity contribution in [1.29, 1.82) is 0 Å². The van der Waals surface area contributed by atoms with E-state index in [1.165, 1.54) is 0 Å². The lowest BCUT2D eigenvalue weighted by molar-refractivity contribution is -0.118. The van der Waals surface area contributed by atoms with Crippen molar-refractivity contribution in [2.24, 2.45) is 5.92 Å². The Hall–Kier alpha value is -0.880. The van der Waals surface area contributed by atoms with E-state index in [1.54, 1.807) is 18.2 Å². The van der Waals surface area contributed by atoms with Crippen molar-refractivity contribution in [3.63, 3.8) is 0 Å². The Morgan fingerprint density at radius 3 is 2.72 bits per heavy atom. The van der Waals surface area contributed by atoms with E-state index >= 15 is 0 Å². The first kappa shape index (κ1) is 15.2. The predicted molar refractivity (Wildman–Crippen MR) is 77.7 cm³/mol. The number of nitrogen functional groups attached to an aromatic ring is 1. The predicted octanol–water partition coefficient (Wildman–Crippen LogP) is 1.91. The molecule has 0 spiro atoms. The van der Waals surface area contributed by atoms with E-state index in [9.17, 15) is 9.00 Å². The van der Waals surface area contributed by atoms with Crippen LogP contribution in [0.5, 0.6) is 0 Å². The van der Waals surface area contributed by atoms with E-state index in [2.05, 4.69) is 21.2 Å². The highest BCUT2D eigenvalue weighted by atomic mass is 79.9. The van der Waals surface area contributed by atoms with Gasteiger partial charge in [0, 0.05) is 16.7 Å². The molecular formula is C12H17BrN2O2S. The van der Waals surface area contributed by atoms with Gasteiger partial charge in [-0.2, -0.15) is 0 Å². The molecule has 1 unspecified atom stereocenters. The van der Waals surface area contributed by atoms with Crippen molar-refractivity contribution in [3.05, 3.63) is 22.7 Å². The van der Waals surface area contributed by atoms with Gasteiger partial charge in [-0.15, -0.1) is 0 Å². The maximum atomic E-state index is 12.0. The lowest BCUT2D eigenvalue weighted by Crippen LogP contribution is -2.31. The smallest absolute Gasteiger partial charge is 0.233 e. The molecule has 0 saturated carbocycles. The molecule has 0 heterocycles. The monoisotopic (exact) mass is 332 g/mol. The molecule has 0 aromatic heterocycles. The lowest BCUT2D eigenvalue weighted by Gasteiger charge is -2.09. The Kier molecular flexibility index (Phi) is 5.81. The Balaban J connectivity index is 2.62. The number of amides is 1. The Morgan fingerprint density at radius 1 is 1.50 bits per heavy atom. The molecule has 1 aromatic carbocycles. The zero-order valence-corrected chi connectivity index (χ0v) is 12.8. The Bertz CT molecular complexity index is 463. The van der Waals surface area contributed by atoms with Gasteiger partial charge in [0.2, 0.25) is 5.91 Å². The molecule has 1 amide bonds. The summed E-state index contributed by atoms with van der Waals surface area (Å²) in [7, 11) is -1.41. The second-order valence-corrected chi connectivity index (χ2v) is 6.71. The summed E-state index contributed by atoms with van der Waals surface area (Å²) in [6.45, 7) is 4.60. The standard InChI is InChI=1S/C12H17BrN2O2S/c1-8(2)6-15-12(16)7-18(17)11-4-3-9(13)5-10(11)14/h3-5,8H,6-7,14H2,1-2H3,(H,15,16). The zero-order valence-electron chi connectivity index (χ0n) is 10.4. The molecule has 4 nitrogen and oxygen atoms in total. The fraction of sp³-hybridized carbons (Fsp3) is 0.417. The lowest BCUT2D eigenvalue weighted by atomic mass is 10.2. The van der Waals surface area contributed by atoms with Crippen LogP contribution in [0.3, 0.4) is 0 Å². The number of nitrogens with one attached hydrogen (secondary N) is 1. The van der Waals surface area contributed by atoms with Gasteiger partial charge in [-0.1, -0.05) is 29.8 Å². The Labute approximate surface area is 118 Å². The van der Waals surface area contributed by atoms with Crippen LogP contribution in [0.15, 0.2) is 27.6 Å². The van der Waals surface area contributed by atoms with Crippen LogP contribution >= 0.6 is 15.9 Å². The third kappa shape index (κ3) is 4.78. The number of rotatable bonds is 5. The van der Waals surface area contributed by atoms with E-state index in [1.807, 2.05) is 13.8 Å². The van der Waals surface area contributed by atoms with Crippen molar-refractivity contribution < 1.29 is 9.00 Å². The summed E-state index contributed by atoms with van der Waals surface area (Å²) in [6.07, 6.45) is 0. The van der Waals surface area contributed by atoms with Gasteiger partial charge in [-0.3, -0.25) is 9.00 Å². The molecular weight excluding hydrogens is 316 g/mol. The molecule has 1 atom stereocenters. The first-order valence-corrected chi connectivity index (χ1v) is 7.71. The second-order valence-electron chi connectivity index (χ2n) is 4.37. The van der Waals surface area contributed by atoms with Crippen LogP contribution in [0.1, 0.15) is 13.8 Å². The van der Waals surface area contributed by atoms with Crippen LogP contribution in [-0.2, 0) is 15.6 Å². The number of nitrogens with two attached hydrogens (primary N) is 1. The van der Waals surface area contributed by atoms with Crippen molar-refractivity contribution in [3.8, 4) is 0 Å². The van der Waals surface area contributed by atoms with Gasteiger partial charge >= 0.3 is 0 Å². The maximum absolute atomic E-state index is 12.0.